The zero-order chi connectivity index (χ0) is 13.4. The SMILES string of the molecule is CC1CN(C(C)(C)C)C(CF)CN1C(C)(C)C. The van der Waals surface area contributed by atoms with E-state index >= 15 is 0 Å². The molecule has 0 radical (unpaired) electrons. The lowest BCUT2D eigenvalue weighted by Gasteiger charge is -2.53. The summed E-state index contributed by atoms with van der Waals surface area (Å²) in [6.45, 7) is 16.9. The van der Waals surface area contributed by atoms with E-state index in [-0.39, 0.29) is 23.8 Å². The minimum Gasteiger partial charge on any atom is -0.293 e. The smallest absolute Gasteiger partial charge is 0.106 e. The van der Waals surface area contributed by atoms with E-state index in [1.54, 1.807) is 0 Å². The van der Waals surface area contributed by atoms with Crippen molar-refractivity contribution < 1.29 is 4.39 Å². The first kappa shape index (κ1) is 14.9. The summed E-state index contributed by atoms with van der Waals surface area (Å²) in [4.78, 5) is 4.75. The van der Waals surface area contributed by atoms with Gasteiger partial charge in [-0.15, -0.1) is 0 Å². The molecule has 0 N–H and O–H groups in total. The molecule has 0 aromatic carbocycles. The van der Waals surface area contributed by atoms with E-state index in [2.05, 4.69) is 58.3 Å². The summed E-state index contributed by atoms with van der Waals surface area (Å²) in [5.74, 6) is 0. The maximum Gasteiger partial charge on any atom is 0.106 e. The summed E-state index contributed by atoms with van der Waals surface area (Å²) < 4.78 is 13.3. The van der Waals surface area contributed by atoms with Crippen molar-refractivity contribution in [1.82, 2.24) is 9.80 Å². The zero-order valence-electron chi connectivity index (χ0n) is 12.5. The lowest BCUT2D eigenvalue weighted by molar-refractivity contribution is -0.0587. The van der Waals surface area contributed by atoms with Crippen LogP contribution in [-0.4, -0.2) is 52.7 Å². The first-order valence-corrected chi connectivity index (χ1v) is 6.67. The van der Waals surface area contributed by atoms with Gasteiger partial charge in [0.15, 0.2) is 0 Å². The molecule has 2 nitrogen and oxygen atoms in total. The first-order valence-electron chi connectivity index (χ1n) is 6.67. The van der Waals surface area contributed by atoms with Gasteiger partial charge in [0.2, 0.25) is 0 Å². The van der Waals surface area contributed by atoms with Crippen LogP contribution in [0.4, 0.5) is 4.39 Å². The van der Waals surface area contributed by atoms with Gasteiger partial charge >= 0.3 is 0 Å². The lowest BCUT2D eigenvalue weighted by atomic mass is 9.94. The highest BCUT2D eigenvalue weighted by molar-refractivity contribution is 4.96. The van der Waals surface area contributed by atoms with E-state index in [0.717, 1.165) is 13.1 Å². The number of hydrogen-bond donors (Lipinski definition) is 0. The molecule has 0 saturated carbocycles. The van der Waals surface area contributed by atoms with E-state index in [9.17, 15) is 4.39 Å². The highest BCUT2D eigenvalue weighted by atomic mass is 19.1. The van der Waals surface area contributed by atoms with Crippen LogP contribution in [0.5, 0.6) is 0 Å². The molecule has 17 heavy (non-hydrogen) atoms. The molecule has 1 aliphatic heterocycles. The summed E-state index contributed by atoms with van der Waals surface area (Å²) >= 11 is 0. The molecule has 1 aliphatic rings. The number of nitrogens with zero attached hydrogens (tertiary/aromatic N) is 2. The van der Waals surface area contributed by atoms with Crippen LogP contribution in [0.2, 0.25) is 0 Å². The van der Waals surface area contributed by atoms with Crippen molar-refractivity contribution in [2.24, 2.45) is 0 Å². The van der Waals surface area contributed by atoms with Crippen LogP contribution in [0.25, 0.3) is 0 Å². The third-order valence-electron chi connectivity index (χ3n) is 3.74. The largest absolute Gasteiger partial charge is 0.293 e. The predicted octanol–water partition coefficient (Wildman–Crippen LogP) is 2.93. The summed E-state index contributed by atoms with van der Waals surface area (Å²) in [5.41, 5.74) is 0.172. The van der Waals surface area contributed by atoms with Gasteiger partial charge in [0, 0.05) is 30.2 Å². The summed E-state index contributed by atoms with van der Waals surface area (Å²) in [7, 11) is 0. The van der Waals surface area contributed by atoms with Crippen molar-refractivity contribution in [2.75, 3.05) is 19.8 Å². The van der Waals surface area contributed by atoms with Gasteiger partial charge in [-0.25, -0.2) is 4.39 Å². The van der Waals surface area contributed by atoms with Crippen LogP contribution in [0.15, 0.2) is 0 Å². The number of rotatable bonds is 1. The van der Waals surface area contributed by atoms with Crippen LogP contribution >= 0.6 is 0 Å². The Morgan fingerprint density at radius 1 is 0.941 bits per heavy atom. The molecule has 1 rings (SSSR count). The van der Waals surface area contributed by atoms with E-state index in [4.69, 9.17) is 0 Å². The van der Waals surface area contributed by atoms with Gasteiger partial charge in [0.25, 0.3) is 0 Å². The Labute approximate surface area is 106 Å². The van der Waals surface area contributed by atoms with Crippen molar-refractivity contribution in [3.8, 4) is 0 Å². The van der Waals surface area contributed by atoms with Crippen molar-refractivity contribution in [1.29, 1.82) is 0 Å². The van der Waals surface area contributed by atoms with Crippen LogP contribution in [0, 0.1) is 0 Å². The van der Waals surface area contributed by atoms with Gasteiger partial charge < -0.3 is 0 Å². The molecule has 0 spiro atoms. The molecule has 0 bridgehead atoms. The molecule has 3 heteroatoms. The van der Waals surface area contributed by atoms with Crippen molar-refractivity contribution in [3.63, 3.8) is 0 Å². The Morgan fingerprint density at radius 3 is 1.76 bits per heavy atom. The highest BCUT2D eigenvalue weighted by Gasteiger charge is 2.40. The average Bonchev–Trinajstić information content (AvgIpc) is 2.14. The monoisotopic (exact) mass is 244 g/mol. The quantitative estimate of drug-likeness (QED) is 0.700. The van der Waals surface area contributed by atoms with Crippen LogP contribution in [-0.2, 0) is 0 Å². The second-order valence-corrected chi connectivity index (χ2v) is 7.30. The number of alkyl halides is 1. The normalized spacial score (nSPS) is 29.6. The Bertz CT molecular complexity index is 252. The lowest BCUT2D eigenvalue weighted by Crippen LogP contribution is -2.66. The fourth-order valence-electron chi connectivity index (χ4n) is 2.93. The topological polar surface area (TPSA) is 6.48 Å². The van der Waals surface area contributed by atoms with E-state index < -0.39 is 0 Å². The molecule has 1 fully saturated rings. The van der Waals surface area contributed by atoms with Crippen LogP contribution < -0.4 is 0 Å². The molecular formula is C14H29FN2. The van der Waals surface area contributed by atoms with E-state index in [0.29, 0.717) is 6.04 Å². The minimum atomic E-state index is -0.253. The van der Waals surface area contributed by atoms with Crippen molar-refractivity contribution in [3.05, 3.63) is 0 Å². The van der Waals surface area contributed by atoms with Gasteiger partial charge in [-0.2, -0.15) is 0 Å². The van der Waals surface area contributed by atoms with Gasteiger partial charge in [-0.1, -0.05) is 0 Å². The second-order valence-electron chi connectivity index (χ2n) is 7.30. The standard InChI is InChI=1S/C14H29FN2/c1-11-9-17(14(5,6)7)12(8-15)10-16(11)13(2,3)4/h11-12H,8-10H2,1-7H3. The maximum absolute atomic E-state index is 13.3. The molecule has 0 aromatic heterocycles. The zero-order valence-corrected chi connectivity index (χ0v) is 12.5. The number of hydrogen-bond acceptors (Lipinski definition) is 2. The molecule has 2 unspecified atom stereocenters. The van der Waals surface area contributed by atoms with Gasteiger partial charge in [0.1, 0.15) is 6.67 Å². The van der Waals surface area contributed by atoms with Crippen molar-refractivity contribution >= 4 is 0 Å². The molecule has 2 atom stereocenters. The Kier molecular flexibility index (Phi) is 4.25. The third-order valence-corrected chi connectivity index (χ3v) is 3.74. The predicted molar refractivity (Wildman–Crippen MR) is 72.1 cm³/mol. The van der Waals surface area contributed by atoms with Crippen LogP contribution in [0.3, 0.4) is 0 Å². The Balaban J connectivity index is 2.86. The minimum absolute atomic E-state index is 0.0328. The molecule has 0 aromatic rings. The number of halogens is 1. The van der Waals surface area contributed by atoms with Gasteiger partial charge in [0.05, 0.1) is 6.04 Å². The molecule has 0 aliphatic carbocycles. The maximum atomic E-state index is 13.3. The third kappa shape index (κ3) is 3.41. The summed E-state index contributed by atoms with van der Waals surface area (Å²) in [5, 5.41) is 0. The van der Waals surface area contributed by atoms with Gasteiger partial charge in [-0.3, -0.25) is 9.80 Å². The summed E-state index contributed by atoms with van der Waals surface area (Å²) in [6, 6.07) is 0.516. The second kappa shape index (κ2) is 4.85. The van der Waals surface area contributed by atoms with Gasteiger partial charge in [-0.05, 0) is 48.5 Å². The Hall–Kier alpha value is -0.150. The fraction of sp³-hybridized carbons (Fsp3) is 1.00. The molecule has 0 amide bonds. The molecule has 102 valence electrons. The fourth-order valence-corrected chi connectivity index (χ4v) is 2.93. The summed E-state index contributed by atoms with van der Waals surface area (Å²) in [6.07, 6.45) is 0. The van der Waals surface area contributed by atoms with E-state index in [1.807, 2.05) is 0 Å². The molecular weight excluding hydrogens is 215 g/mol. The van der Waals surface area contributed by atoms with Crippen molar-refractivity contribution in [2.45, 2.75) is 71.6 Å². The molecule has 1 saturated heterocycles. The molecule has 1 heterocycles. The van der Waals surface area contributed by atoms with E-state index in [1.165, 1.54) is 0 Å². The average molecular weight is 244 g/mol. The highest BCUT2D eigenvalue weighted by Crippen LogP contribution is 2.28. The number of piperazine rings is 1. The first-order chi connectivity index (χ1) is 7.57. The Morgan fingerprint density at radius 2 is 1.41 bits per heavy atom. The van der Waals surface area contributed by atoms with Crippen LogP contribution in [0.1, 0.15) is 48.5 Å².